The highest BCUT2D eigenvalue weighted by atomic mass is 19.4. The molecule has 73 valence electrons. The van der Waals surface area contributed by atoms with Gasteiger partial charge in [-0.05, 0) is 18.2 Å². The second-order valence-corrected chi connectivity index (χ2v) is 2.93. The second kappa shape index (κ2) is 3.01. The average Bonchev–Trinajstić information content (AvgIpc) is 2.42. The van der Waals surface area contributed by atoms with Crippen LogP contribution >= 0.6 is 0 Å². The fourth-order valence-corrected chi connectivity index (χ4v) is 1.22. The van der Waals surface area contributed by atoms with Gasteiger partial charge >= 0.3 is 6.18 Å². The van der Waals surface area contributed by atoms with Crippen LogP contribution in [0.15, 0.2) is 24.4 Å². The van der Waals surface area contributed by atoms with Gasteiger partial charge in [0.2, 0.25) is 0 Å². The number of hydrogen-bond donors (Lipinski definition) is 0. The minimum atomic E-state index is -4.23. The number of alkyl halides is 3. The predicted octanol–water partition coefficient (Wildman–Crippen LogP) is 2.40. The summed E-state index contributed by atoms with van der Waals surface area (Å²) in [5.41, 5.74) is 0.549. The minimum absolute atomic E-state index is 0.549. The zero-order valence-corrected chi connectivity index (χ0v) is 7.04. The van der Waals surface area contributed by atoms with E-state index >= 15 is 0 Å². The topological polar surface area (TPSA) is 17.8 Å². The second-order valence-electron chi connectivity index (χ2n) is 2.93. The Hall–Kier alpha value is -1.52. The predicted molar refractivity (Wildman–Crippen MR) is 44.6 cm³/mol. The van der Waals surface area contributed by atoms with Crippen LogP contribution in [0.4, 0.5) is 13.2 Å². The van der Waals surface area contributed by atoms with Crippen LogP contribution in [-0.4, -0.2) is 16.0 Å². The first-order chi connectivity index (χ1) is 6.54. The van der Waals surface area contributed by atoms with Crippen molar-refractivity contribution in [2.24, 2.45) is 0 Å². The van der Waals surface area contributed by atoms with Gasteiger partial charge in [0.25, 0.3) is 0 Å². The van der Waals surface area contributed by atoms with Crippen LogP contribution in [-0.2, 0) is 6.54 Å². The van der Waals surface area contributed by atoms with Crippen LogP contribution < -0.4 is 0 Å². The van der Waals surface area contributed by atoms with Crippen LogP contribution in [0.25, 0.3) is 10.9 Å². The fraction of sp³-hybridized carbons (Fsp3) is 0.222. The molecule has 1 aromatic carbocycles. The summed E-state index contributed by atoms with van der Waals surface area (Å²) in [7, 11) is 0. The van der Waals surface area contributed by atoms with Crippen LogP contribution in [0.3, 0.4) is 0 Å². The smallest absolute Gasteiger partial charge is 0.262 e. The van der Waals surface area contributed by atoms with E-state index in [1.807, 2.05) is 0 Å². The number of aromatic nitrogens is 2. The van der Waals surface area contributed by atoms with E-state index in [1.54, 1.807) is 18.2 Å². The third-order valence-corrected chi connectivity index (χ3v) is 1.74. The van der Waals surface area contributed by atoms with Crippen LogP contribution in [0.1, 0.15) is 0 Å². The zero-order chi connectivity index (χ0) is 10.2. The van der Waals surface area contributed by atoms with Crippen molar-refractivity contribution in [1.82, 2.24) is 9.78 Å². The molecule has 0 saturated heterocycles. The molecule has 1 aromatic heterocycles. The van der Waals surface area contributed by atoms with E-state index in [9.17, 15) is 13.2 Å². The van der Waals surface area contributed by atoms with Gasteiger partial charge in [0.05, 0.1) is 5.52 Å². The zero-order valence-electron chi connectivity index (χ0n) is 7.04. The number of nitrogens with zero attached hydrogens (tertiary/aromatic N) is 2. The van der Waals surface area contributed by atoms with Gasteiger partial charge in [-0.15, -0.1) is 0 Å². The third kappa shape index (κ3) is 1.86. The highest BCUT2D eigenvalue weighted by Gasteiger charge is 2.28. The highest BCUT2D eigenvalue weighted by molar-refractivity contribution is 5.77. The monoisotopic (exact) mass is 199 g/mol. The fourth-order valence-electron chi connectivity index (χ4n) is 1.22. The maximum atomic E-state index is 12.0. The van der Waals surface area contributed by atoms with Gasteiger partial charge in [0, 0.05) is 11.6 Å². The molecule has 2 rings (SSSR count). The maximum absolute atomic E-state index is 12.0. The third-order valence-electron chi connectivity index (χ3n) is 1.74. The number of halogens is 3. The Morgan fingerprint density at radius 2 is 2.21 bits per heavy atom. The van der Waals surface area contributed by atoms with Gasteiger partial charge in [0.15, 0.2) is 0 Å². The summed E-state index contributed by atoms with van der Waals surface area (Å²) >= 11 is 0. The van der Waals surface area contributed by atoms with Crippen molar-refractivity contribution in [3.05, 3.63) is 30.5 Å². The highest BCUT2D eigenvalue weighted by Crippen LogP contribution is 2.19. The van der Waals surface area contributed by atoms with Crippen molar-refractivity contribution in [3.63, 3.8) is 0 Å². The van der Waals surface area contributed by atoms with Crippen molar-refractivity contribution < 1.29 is 13.2 Å². The van der Waals surface area contributed by atoms with Crippen molar-refractivity contribution in [1.29, 1.82) is 0 Å². The molecule has 0 aliphatic carbocycles. The van der Waals surface area contributed by atoms with Gasteiger partial charge in [0.1, 0.15) is 6.54 Å². The molecule has 1 heterocycles. The molecule has 0 spiro atoms. The molecule has 0 amide bonds. The lowest BCUT2D eigenvalue weighted by molar-refractivity contribution is -0.142. The van der Waals surface area contributed by atoms with Crippen LogP contribution in [0.5, 0.6) is 0 Å². The molecule has 0 aliphatic heterocycles. The quantitative estimate of drug-likeness (QED) is 0.689. The number of hydrogen-bond acceptors (Lipinski definition) is 1. The summed E-state index contributed by atoms with van der Waals surface area (Å²) in [6.07, 6.45) is -2.87. The van der Waals surface area contributed by atoms with E-state index in [-0.39, 0.29) is 0 Å². The molecular formula is C9H6F3N2. The first-order valence-electron chi connectivity index (χ1n) is 3.95. The molecule has 2 aromatic rings. The summed E-state index contributed by atoms with van der Waals surface area (Å²) < 4.78 is 36.9. The van der Waals surface area contributed by atoms with E-state index in [4.69, 9.17) is 0 Å². The Morgan fingerprint density at radius 1 is 1.43 bits per heavy atom. The normalized spacial score (nSPS) is 12.2. The van der Waals surface area contributed by atoms with E-state index in [0.717, 1.165) is 4.68 Å². The first kappa shape index (κ1) is 9.05. The molecule has 0 atom stereocenters. The molecule has 14 heavy (non-hydrogen) atoms. The molecule has 0 saturated carbocycles. The summed E-state index contributed by atoms with van der Waals surface area (Å²) in [4.78, 5) is 0. The molecule has 0 unspecified atom stereocenters. The van der Waals surface area contributed by atoms with E-state index in [1.165, 1.54) is 6.20 Å². The Morgan fingerprint density at radius 3 is 2.86 bits per heavy atom. The molecule has 0 bridgehead atoms. The van der Waals surface area contributed by atoms with E-state index in [0.29, 0.717) is 10.9 Å². The average molecular weight is 199 g/mol. The lowest BCUT2D eigenvalue weighted by Crippen LogP contribution is -2.17. The number of benzene rings is 1. The van der Waals surface area contributed by atoms with Gasteiger partial charge in [-0.1, -0.05) is 6.07 Å². The van der Waals surface area contributed by atoms with Crippen LogP contribution in [0, 0.1) is 6.07 Å². The van der Waals surface area contributed by atoms with E-state index in [2.05, 4.69) is 11.2 Å². The maximum Gasteiger partial charge on any atom is 0.408 e. The molecule has 0 aliphatic rings. The number of rotatable bonds is 1. The molecular weight excluding hydrogens is 193 g/mol. The van der Waals surface area contributed by atoms with Crippen molar-refractivity contribution in [3.8, 4) is 0 Å². The summed E-state index contributed by atoms with van der Waals surface area (Å²) in [5.74, 6) is 0. The first-order valence-corrected chi connectivity index (χ1v) is 3.95. The lowest BCUT2D eigenvalue weighted by atomic mass is 10.3. The molecule has 1 radical (unpaired) electrons. The van der Waals surface area contributed by atoms with Gasteiger partial charge < -0.3 is 0 Å². The van der Waals surface area contributed by atoms with Gasteiger partial charge in [-0.2, -0.15) is 18.3 Å². The number of fused-ring (bicyclic) bond motifs is 1. The van der Waals surface area contributed by atoms with Gasteiger partial charge in [-0.3, -0.25) is 4.68 Å². The van der Waals surface area contributed by atoms with Crippen LogP contribution in [0.2, 0.25) is 0 Å². The molecule has 0 fully saturated rings. The Balaban J connectivity index is 2.36. The molecule has 2 nitrogen and oxygen atoms in total. The van der Waals surface area contributed by atoms with E-state index < -0.39 is 12.7 Å². The lowest BCUT2D eigenvalue weighted by Gasteiger charge is -2.04. The summed E-state index contributed by atoms with van der Waals surface area (Å²) in [6, 6.07) is 7.63. The van der Waals surface area contributed by atoms with Crippen molar-refractivity contribution in [2.45, 2.75) is 12.7 Å². The van der Waals surface area contributed by atoms with Crippen molar-refractivity contribution in [2.75, 3.05) is 0 Å². The minimum Gasteiger partial charge on any atom is -0.262 e. The Labute approximate surface area is 77.9 Å². The standard InChI is InChI=1S/C9H6F3N2/c10-9(11,12)6-14-5-7-3-1-2-4-8(7)13-14/h2-5H,6H2. The molecule has 5 heteroatoms. The largest absolute Gasteiger partial charge is 0.408 e. The molecule has 0 N–H and O–H groups in total. The summed E-state index contributed by atoms with van der Waals surface area (Å²) in [6.45, 7) is -1.05. The Kier molecular flexibility index (Phi) is 1.94. The van der Waals surface area contributed by atoms with Crippen molar-refractivity contribution >= 4 is 10.9 Å². The summed E-state index contributed by atoms with van der Waals surface area (Å²) in [5, 5.41) is 4.44. The Bertz CT molecular complexity index is 411. The SMILES string of the molecule is FC(F)(F)Cn1cc2c[c]ccc2n1. The van der Waals surface area contributed by atoms with Gasteiger partial charge in [-0.25, -0.2) is 0 Å².